The van der Waals surface area contributed by atoms with Crippen molar-refractivity contribution in [2.45, 2.75) is 0 Å². The normalized spacial score (nSPS) is 10.6. The van der Waals surface area contributed by atoms with Gasteiger partial charge < -0.3 is 5.32 Å². The second-order valence-electron chi connectivity index (χ2n) is 3.54. The Hall–Kier alpha value is -2.63. The van der Waals surface area contributed by atoms with Gasteiger partial charge in [0, 0.05) is 11.9 Å². The Balaban J connectivity index is 2.04. The highest BCUT2D eigenvalue weighted by atomic mass is 16.1. The van der Waals surface area contributed by atoms with Crippen molar-refractivity contribution in [3.63, 3.8) is 0 Å². The maximum absolute atomic E-state index is 11.0. The largest absolute Gasteiger partial charge is 0.346 e. The lowest BCUT2D eigenvalue weighted by Crippen LogP contribution is -2.08. The molecule has 0 atom stereocenters. The fraction of sp³-hybridized carbons (Fsp3) is 0. The van der Waals surface area contributed by atoms with E-state index in [1.807, 2.05) is 30.3 Å². The summed E-state index contributed by atoms with van der Waals surface area (Å²) in [6.07, 6.45) is 1.49. The number of nitrogens with one attached hydrogen (secondary N) is 3. The van der Waals surface area contributed by atoms with Gasteiger partial charge in [-0.05, 0) is 12.1 Å². The monoisotopic (exact) mass is 227 g/mol. The fourth-order valence-electron chi connectivity index (χ4n) is 1.59. The molecule has 0 radical (unpaired) electrons. The van der Waals surface area contributed by atoms with Crippen molar-refractivity contribution in [1.29, 1.82) is 0 Å². The van der Waals surface area contributed by atoms with Crippen LogP contribution in [0, 0.1) is 0 Å². The lowest BCUT2D eigenvalue weighted by Gasteiger charge is -2.02. The number of aromatic amines is 2. The summed E-state index contributed by atoms with van der Waals surface area (Å²) in [4.78, 5) is 17.2. The minimum absolute atomic E-state index is 0.407. The molecule has 3 N–H and O–H groups in total. The number of nitrogens with zero attached hydrogens (tertiary/aromatic N) is 2. The summed E-state index contributed by atoms with van der Waals surface area (Å²) in [6.45, 7) is 0. The summed E-state index contributed by atoms with van der Waals surface area (Å²) in [7, 11) is 0. The number of hydrogen-bond acceptors (Lipinski definition) is 4. The summed E-state index contributed by atoms with van der Waals surface area (Å²) in [5.74, 6) is 0.704. The van der Waals surface area contributed by atoms with Crippen molar-refractivity contribution in [2.24, 2.45) is 0 Å². The van der Waals surface area contributed by atoms with Crippen LogP contribution in [-0.2, 0) is 0 Å². The SMILES string of the molecule is O=c1ncc2c(Nc3ccccc3)[nH]nc2[nH]1. The zero-order chi connectivity index (χ0) is 11.7. The van der Waals surface area contributed by atoms with E-state index in [-0.39, 0.29) is 0 Å². The molecule has 0 aliphatic rings. The summed E-state index contributed by atoms with van der Waals surface area (Å²) >= 11 is 0. The molecule has 0 amide bonds. The average molecular weight is 227 g/mol. The zero-order valence-corrected chi connectivity index (χ0v) is 8.77. The molecule has 1 aromatic carbocycles. The standard InChI is InChI=1S/C11H9N5O/c17-11-12-6-8-9(15-16-10(8)14-11)13-7-4-2-1-3-5-7/h1-6H,(H3,12,13,14,15,16,17). The minimum Gasteiger partial charge on any atom is -0.340 e. The van der Waals surface area contributed by atoms with Crippen LogP contribution in [0.15, 0.2) is 41.3 Å². The van der Waals surface area contributed by atoms with Gasteiger partial charge in [-0.25, -0.2) is 9.78 Å². The molecule has 0 bridgehead atoms. The summed E-state index contributed by atoms with van der Waals surface area (Å²) < 4.78 is 0. The maximum Gasteiger partial charge on any atom is 0.346 e. The van der Waals surface area contributed by atoms with E-state index in [4.69, 9.17) is 0 Å². The van der Waals surface area contributed by atoms with Gasteiger partial charge in [-0.3, -0.25) is 10.1 Å². The number of rotatable bonds is 2. The van der Waals surface area contributed by atoms with Gasteiger partial charge in [-0.2, -0.15) is 5.10 Å². The molecule has 6 nitrogen and oxygen atoms in total. The van der Waals surface area contributed by atoms with Crippen molar-refractivity contribution in [3.8, 4) is 0 Å². The van der Waals surface area contributed by atoms with Crippen LogP contribution in [0.25, 0.3) is 11.0 Å². The highest BCUT2D eigenvalue weighted by molar-refractivity contribution is 5.88. The fourth-order valence-corrected chi connectivity index (χ4v) is 1.59. The van der Waals surface area contributed by atoms with Crippen LogP contribution in [0.4, 0.5) is 11.5 Å². The predicted molar refractivity (Wildman–Crippen MR) is 64.2 cm³/mol. The van der Waals surface area contributed by atoms with Crippen LogP contribution in [0.3, 0.4) is 0 Å². The number of H-pyrrole nitrogens is 2. The van der Waals surface area contributed by atoms with Crippen molar-refractivity contribution < 1.29 is 0 Å². The molecule has 0 aliphatic carbocycles. The quantitative estimate of drug-likeness (QED) is 0.617. The highest BCUT2D eigenvalue weighted by Crippen LogP contribution is 2.20. The molecule has 2 heterocycles. The Bertz CT molecular complexity index is 700. The summed E-state index contributed by atoms with van der Waals surface area (Å²) in [5, 5.41) is 10.7. The third-order valence-electron chi connectivity index (χ3n) is 2.38. The molecule has 84 valence electrons. The molecule has 0 aliphatic heterocycles. The Kier molecular flexibility index (Phi) is 2.11. The van der Waals surface area contributed by atoms with Gasteiger partial charge >= 0.3 is 5.69 Å². The van der Waals surface area contributed by atoms with Gasteiger partial charge in [0.1, 0.15) is 5.82 Å². The Morgan fingerprint density at radius 2 is 2.00 bits per heavy atom. The zero-order valence-electron chi connectivity index (χ0n) is 8.77. The lowest BCUT2D eigenvalue weighted by molar-refractivity contribution is 1.06. The molecular weight excluding hydrogens is 218 g/mol. The van der Waals surface area contributed by atoms with E-state index in [2.05, 4.69) is 25.5 Å². The van der Waals surface area contributed by atoms with E-state index in [1.165, 1.54) is 6.20 Å². The van der Waals surface area contributed by atoms with Gasteiger partial charge in [0.15, 0.2) is 5.65 Å². The van der Waals surface area contributed by atoms with E-state index >= 15 is 0 Å². The molecule has 3 rings (SSSR count). The molecule has 3 aromatic rings. The van der Waals surface area contributed by atoms with Crippen LogP contribution in [0.2, 0.25) is 0 Å². The maximum atomic E-state index is 11.0. The van der Waals surface area contributed by atoms with Crippen molar-refractivity contribution >= 4 is 22.5 Å². The molecule has 2 aromatic heterocycles. The topological polar surface area (TPSA) is 86.5 Å². The molecule has 0 saturated carbocycles. The highest BCUT2D eigenvalue weighted by Gasteiger charge is 2.06. The Morgan fingerprint density at radius 3 is 2.82 bits per heavy atom. The van der Waals surface area contributed by atoms with E-state index in [9.17, 15) is 4.79 Å². The van der Waals surface area contributed by atoms with Gasteiger partial charge in [-0.1, -0.05) is 18.2 Å². The van der Waals surface area contributed by atoms with Crippen LogP contribution in [0.1, 0.15) is 0 Å². The minimum atomic E-state index is -0.407. The summed E-state index contributed by atoms with van der Waals surface area (Å²) in [6, 6.07) is 9.68. The smallest absolute Gasteiger partial charge is 0.340 e. The Labute approximate surface area is 95.7 Å². The molecule has 17 heavy (non-hydrogen) atoms. The molecule has 0 fully saturated rings. The van der Waals surface area contributed by atoms with E-state index < -0.39 is 5.69 Å². The lowest BCUT2D eigenvalue weighted by atomic mass is 10.3. The third kappa shape index (κ3) is 1.76. The third-order valence-corrected chi connectivity index (χ3v) is 2.38. The van der Waals surface area contributed by atoms with E-state index in [0.717, 1.165) is 11.1 Å². The second-order valence-corrected chi connectivity index (χ2v) is 3.54. The number of anilines is 2. The number of para-hydroxylation sites is 1. The van der Waals surface area contributed by atoms with Gasteiger partial charge in [0.2, 0.25) is 0 Å². The first kappa shape index (κ1) is 9.59. The molecular formula is C11H9N5O. The first-order chi connectivity index (χ1) is 8.33. The number of hydrogen-bond donors (Lipinski definition) is 3. The van der Waals surface area contributed by atoms with Crippen molar-refractivity contribution in [1.82, 2.24) is 20.2 Å². The molecule has 0 unspecified atom stereocenters. The van der Waals surface area contributed by atoms with Crippen LogP contribution < -0.4 is 11.0 Å². The van der Waals surface area contributed by atoms with E-state index in [0.29, 0.717) is 11.5 Å². The van der Waals surface area contributed by atoms with Crippen molar-refractivity contribution in [2.75, 3.05) is 5.32 Å². The molecule has 6 heteroatoms. The average Bonchev–Trinajstić information content (AvgIpc) is 2.73. The van der Waals surface area contributed by atoms with Gasteiger partial charge in [0.25, 0.3) is 0 Å². The second kappa shape index (κ2) is 3.75. The van der Waals surface area contributed by atoms with Crippen LogP contribution >= 0.6 is 0 Å². The number of benzene rings is 1. The van der Waals surface area contributed by atoms with E-state index in [1.54, 1.807) is 0 Å². The van der Waals surface area contributed by atoms with Crippen molar-refractivity contribution in [3.05, 3.63) is 47.0 Å². The first-order valence-corrected chi connectivity index (χ1v) is 5.08. The van der Waals surface area contributed by atoms with Crippen LogP contribution in [0.5, 0.6) is 0 Å². The molecule has 0 saturated heterocycles. The Morgan fingerprint density at radius 1 is 1.18 bits per heavy atom. The molecule has 0 spiro atoms. The predicted octanol–water partition coefficient (Wildman–Crippen LogP) is 1.39. The number of aromatic nitrogens is 4. The van der Waals surface area contributed by atoms with Gasteiger partial charge in [-0.15, -0.1) is 0 Å². The van der Waals surface area contributed by atoms with Gasteiger partial charge in [0.05, 0.1) is 5.39 Å². The van der Waals surface area contributed by atoms with Crippen LogP contribution in [-0.4, -0.2) is 20.2 Å². The number of fused-ring (bicyclic) bond motifs is 1. The summed E-state index contributed by atoms with van der Waals surface area (Å²) in [5.41, 5.74) is 1.02. The first-order valence-electron chi connectivity index (χ1n) is 5.08.